The van der Waals surface area contributed by atoms with E-state index in [0.29, 0.717) is 22.8 Å². The number of carbonyl (C=O) groups excluding carboxylic acids is 1. The summed E-state index contributed by atoms with van der Waals surface area (Å²) >= 11 is -0.243. The summed E-state index contributed by atoms with van der Waals surface area (Å²) < 4.78 is 56.3. The van der Waals surface area contributed by atoms with Gasteiger partial charge in [0, 0.05) is 10.6 Å². The standard InChI is InChI=1S/C20H16F4N4O2S/c1-11-17(12(2)26-19(25-11)30-16-6-4-3-5-15(16)21)28-18(29)27-13-7-9-14(10-8-13)31-20(22,23)24/h3-10H,1-2H3,(H2,27,28,29). The smallest absolute Gasteiger partial charge is 0.421 e. The van der Waals surface area contributed by atoms with Crippen LogP contribution in [0.1, 0.15) is 11.4 Å². The van der Waals surface area contributed by atoms with E-state index in [1.54, 1.807) is 19.9 Å². The van der Waals surface area contributed by atoms with Crippen LogP contribution in [-0.2, 0) is 0 Å². The molecule has 6 nitrogen and oxygen atoms in total. The zero-order valence-corrected chi connectivity index (χ0v) is 17.1. The van der Waals surface area contributed by atoms with Crippen molar-refractivity contribution < 1.29 is 27.1 Å². The third kappa shape index (κ3) is 6.32. The van der Waals surface area contributed by atoms with Crippen molar-refractivity contribution in [1.29, 1.82) is 0 Å². The molecule has 2 aromatic carbocycles. The van der Waals surface area contributed by atoms with Crippen LogP contribution in [0, 0.1) is 19.7 Å². The van der Waals surface area contributed by atoms with Crippen LogP contribution in [0.2, 0.25) is 0 Å². The second-order valence-corrected chi connectivity index (χ2v) is 7.37. The van der Waals surface area contributed by atoms with Crippen molar-refractivity contribution in [2.24, 2.45) is 0 Å². The molecule has 2 amide bonds. The Morgan fingerprint density at radius 2 is 1.58 bits per heavy atom. The number of aromatic nitrogens is 2. The Labute approximate surface area is 179 Å². The fourth-order valence-electron chi connectivity index (χ4n) is 2.55. The van der Waals surface area contributed by atoms with Gasteiger partial charge < -0.3 is 15.4 Å². The number of nitrogens with zero attached hydrogens (tertiary/aromatic N) is 2. The second kappa shape index (κ2) is 9.21. The van der Waals surface area contributed by atoms with Gasteiger partial charge in [0.15, 0.2) is 11.6 Å². The minimum absolute atomic E-state index is 0.00369. The van der Waals surface area contributed by atoms with E-state index in [1.807, 2.05) is 0 Å². The number of halogens is 4. The summed E-state index contributed by atoms with van der Waals surface area (Å²) in [7, 11) is 0. The van der Waals surface area contributed by atoms with Gasteiger partial charge in [-0.3, -0.25) is 0 Å². The van der Waals surface area contributed by atoms with Gasteiger partial charge in [-0.2, -0.15) is 23.1 Å². The van der Waals surface area contributed by atoms with Crippen molar-refractivity contribution >= 4 is 29.2 Å². The maximum Gasteiger partial charge on any atom is 0.446 e. The lowest BCUT2D eigenvalue weighted by Crippen LogP contribution is -2.21. The number of nitrogens with one attached hydrogen (secondary N) is 2. The normalized spacial score (nSPS) is 11.2. The summed E-state index contributed by atoms with van der Waals surface area (Å²) in [5.41, 5.74) is -3.00. The summed E-state index contributed by atoms with van der Waals surface area (Å²) in [5.74, 6) is -0.602. The Morgan fingerprint density at radius 1 is 0.968 bits per heavy atom. The van der Waals surface area contributed by atoms with Crippen molar-refractivity contribution in [2.45, 2.75) is 24.3 Å². The number of hydrogen-bond donors (Lipinski definition) is 2. The third-order valence-electron chi connectivity index (χ3n) is 3.87. The van der Waals surface area contributed by atoms with Gasteiger partial charge in [0.1, 0.15) is 0 Å². The first kappa shape index (κ1) is 22.3. The van der Waals surface area contributed by atoms with Crippen molar-refractivity contribution in [3.8, 4) is 11.8 Å². The van der Waals surface area contributed by atoms with E-state index < -0.39 is 17.4 Å². The largest absolute Gasteiger partial charge is 0.446 e. The van der Waals surface area contributed by atoms with Crippen molar-refractivity contribution in [2.75, 3.05) is 10.6 Å². The van der Waals surface area contributed by atoms with Crippen molar-refractivity contribution in [3.05, 3.63) is 65.7 Å². The highest BCUT2D eigenvalue weighted by molar-refractivity contribution is 8.00. The quantitative estimate of drug-likeness (QED) is 0.352. The van der Waals surface area contributed by atoms with Crippen LogP contribution in [0.25, 0.3) is 0 Å². The number of benzene rings is 2. The number of ether oxygens (including phenoxy) is 1. The van der Waals surface area contributed by atoms with E-state index in [0.717, 1.165) is 0 Å². The maximum atomic E-state index is 13.7. The lowest BCUT2D eigenvalue weighted by molar-refractivity contribution is -0.0328. The number of hydrogen-bond acceptors (Lipinski definition) is 5. The van der Waals surface area contributed by atoms with Crippen LogP contribution in [0.5, 0.6) is 11.8 Å². The molecule has 0 aliphatic carbocycles. The van der Waals surface area contributed by atoms with E-state index in [4.69, 9.17) is 4.74 Å². The van der Waals surface area contributed by atoms with Crippen LogP contribution in [0.3, 0.4) is 0 Å². The molecule has 2 N–H and O–H groups in total. The minimum atomic E-state index is -4.39. The molecule has 0 aliphatic rings. The molecule has 31 heavy (non-hydrogen) atoms. The molecule has 0 radical (unpaired) electrons. The number of alkyl halides is 3. The van der Waals surface area contributed by atoms with E-state index in [-0.39, 0.29) is 28.4 Å². The number of amides is 2. The zero-order chi connectivity index (χ0) is 22.6. The van der Waals surface area contributed by atoms with Crippen LogP contribution in [0.4, 0.5) is 33.7 Å². The minimum Gasteiger partial charge on any atom is -0.421 e. The molecular formula is C20H16F4N4O2S. The summed E-state index contributed by atoms with van der Waals surface area (Å²) in [6.45, 7) is 3.23. The molecule has 0 unspecified atom stereocenters. The molecule has 11 heteroatoms. The predicted octanol–water partition coefficient (Wildman–Crippen LogP) is 6.28. The molecule has 0 saturated carbocycles. The second-order valence-electron chi connectivity index (χ2n) is 6.24. The highest BCUT2D eigenvalue weighted by Gasteiger charge is 2.29. The Balaban J connectivity index is 1.66. The molecule has 162 valence electrons. The molecular weight excluding hydrogens is 436 g/mol. The Bertz CT molecular complexity index is 1070. The topological polar surface area (TPSA) is 76.1 Å². The number of urea groups is 1. The van der Waals surface area contributed by atoms with Crippen LogP contribution >= 0.6 is 11.8 Å². The Hall–Kier alpha value is -3.34. The fraction of sp³-hybridized carbons (Fsp3) is 0.150. The Kier molecular flexibility index (Phi) is 6.64. The van der Waals surface area contributed by atoms with Crippen molar-refractivity contribution in [1.82, 2.24) is 9.97 Å². The average molecular weight is 452 g/mol. The van der Waals surface area contributed by atoms with Gasteiger partial charge in [0.2, 0.25) is 0 Å². The maximum absolute atomic E-state index is 13.7. The van der Waals surface area contributed by atoms with Gasteiger partial charge in [-0.15, -0.1) is 0 Å². The van der Waals surface area contributed by atoms with E-state index in [1.165, 1.54) is 42.5 Å². The molecule has 3 rings (SSSR count). The first-order valence-electron chi connectivity index (χ1n) is 8.82. The van der Waals surface area contributed by atoms with Crippen molar-refractivity contribution in [3.63, 3.8) is 0 Å². The summed E-state index contributed by atoms with van der Waals surface area (Å²) in [6, 6.07) is 10.3. The molecule has 0 spiro atoms. The molecule has 0 atom stereocenters. The van der Waals surface area contributed by atoms with Gasteiger partial charge in [-0.1, -0.05) is 12.1 Å². The average Bonchev–Trinajstić information content (AvgIpc) is 2.67. The fourth-order valence-corrected chi connectivity index (χ4v) is 3.09. The van der Waals surface area contributed by atoms with Gasteiger partial charge in [0.05, 0.1) is 17.1 Å². The molecule has 1 aromatic heterocycles. The van der Waals surface area contributed by atoms with E-state index in [2.05, 4.69) is 20.6 Å². The summed E-state index contributed by atoms with van der Waals surface area (Å²) in [6.07, 6.45) is 0. The molecule has 0 aliphatic heterocycles. The third-order valence-corrected chi connectivity index (χ3v) is 4.61. The van der Waals surface area contributed by atoms with Crippen LogP contribution < -0.4 is 15.4 Å². The lowest BCUT2D eigenvalue weighted by Gasteiger charge is -2.13. The number of aryl methyl sites for hydroxylation is 2. The number of rotatable bonds is 5. The van der Waals surface area contributed by atoms with Gasteiger partial charge in [-0.25, -0.2) is 9.18 Å². The molecule has 1 heterocycles. The van der Waals surface area contributed by atoms with Gasteiger partial charge >= 0.3 is 17.5 Å². The number of carbonyl (C=O) groups is 1. The molecule has 3 aromatic rings. The number of anilines is 2. The zero-order valence-electron chi connectivity index (χ0n) is 16.2. The van der Waals surface area contributed by atoms with Gasteiger partial charge in [-0.05, 0) is 62.0 Å². The van der Waals surface area contributed by atoms with Gasteiger partial charge in [0.25, 0.3) is 0 Å². The van der Waals surface area contributed by atoms with E-state index >= 15 is 0 Å². The van der Waals surface area contributed by atoms with Crippen LogP contribution in [0.15, 0.2) is 53.4 Å². The number of para-hydroxylation sites is 1. The molecule has 0 fully saturated rings. The SMILES string of the molecule is Cc1nc(Oc2ccccc2F)nc(C)c1NC(=O)Nc1ccc(SC(F)(F)F)cc1. The molecule has 0 bridgehead atoms. The molecule has 0 saturated heterocycles. The lowest BCUT2D eigenvalue weighted by atomic mass is 10.3. The summed E-state index contributed by atoms with van der Waals surface area (Å²) in [4.78, 5) is 20.5. The van der Waals surface area contributed by atoms with E-state index in [9.17, 15) is 22.4 Å². The Morgan fingerprint density at radius 3 is 2.16 bits per heavy atom. The highest BCUT2D eigenvalue weighted by atomic mass is 32.2. The first-order chi connectivity index (χ1) is 14.6. The highest BCUT2D eigenvalue weighted by Crippen LogP contribution is 2.37. The number of thioether (sulfide) groups is 1. The predicted molar refractivity (Wildman–Crippen MR) is 109 cm³/mol. The summed E-state index contributed by atoms with van der Waals surface area (Å²) in [5, 5.41) is 5.11. The monoisotopic (exact) mass is 452 g/mol. The van der Waals surface area contributed by atoms with Crippen LogP contribution in [-0.4, -0.2) is 21.5 Å². The first-order valence-corrected chi connectivity index (χ1v) is 9.64.